The number of nitrogens with zero attached hydrogens (tertiary/aromatic N) is 4. The van der Waals surface area contributed by atoms with E-state index in [2.05, 4.69) is 15.4 Å². The molecule has 0 radical (unpaired) electrons. The maximum Gasteiger partial charge on any atom is 0.406 e. The van der Waals surface area contributed by atoms with Gasteiger partial charge in [-0.3, -0.25) is 18.4 Å². The van der Waals surface area contributed by atoms with Crippen molar-refractivity contribution < 1.29 is 46.1 Å². The monoisotopic (exact) mass is 778 g/mol. The number of alkyl halides is 2. The molecular weight excluding hydrogens is 737 g/mol. The van der Waals surface area contributed by atoms with E-state index in [0.717, 1.165) is 23.6 Å². The second-order valence-electron chi connectivity index (χ2n) is 13.5. The van der Waals surface area contributed by atoms with Gasteiger partial charge in [0.1, 0.15) is 24.4 Å². The van der Waals surface area contributed by atoms with E-state index in [1.165, 1.54) is 10.9 Å². The largest absolute Gasteiger partial charge is 0.497 e. The summed E-state index contributed by atoms with van der Waals surface area (Å²) in [5, 5.41) is 5.90. The number of hydrogen-bond acceptors (Lipinski definition) is 12. The van der Waals surface area contributed by atoms with Crippen LogP contribution in [0.15, 0.2) is 91.3 Å². The second-order valence-corrected chi connectivity index (χ2v) is 15.3. The number of ether oxygens (including phenoxy) is 4. The summed E-state index contributed by atoms with van der Waals surface area (Å²) < 4.78 is 81.0. The maximum absolute atomic E-state index is 17.1. The minimum atomic E-state index is -4.40. The Morgan fingerprint density at radius 3 is 2.25 bits per heavy atom. The average Bonchev–Trinajstić information content (AvgIpc) is 3.69. The van der Waals surface area contributed by atoms with Crippen LogP contribution in [0.25, 0.3) is 11.2 Å². The van der Waals surface area contributed by atoms with Crippen LogP contribution in [-0.2, 0) is 33.4 Å². The van der Waals surface area contributed by atoms with Crippen LogP contribution in [0.4, 0.5) is 14.7 Å². The molecule has 2 fully saturated rings. The van der Waals surface area contributed by atoms with E-state index >= 15 is 8.78 Å². The highest BCUT2D eigenvalue weighted by Crippen LogP contribution is 2.61. The van der Waals surface area contributed by atoms with Gasteiger partial charge in [-0.2, -0.15) is 9.97 Å². The van der Waals surface area contributed by atoms with E-state index in [4.69, 9.17) is 38.0 Å². The Morgan fingerprint density at radius 1 is 1.02 bits per heavy atom. The van der Waals surface area contributed by atoms with E-state index in [0.29, 0.717) is 5.75 Å². The highest BCUT2D eigenvalue weighted by molar-refractivity contribution is 7.51. The molecule has 5 atom stereocenters. The Kier molecular flexibility index (Phi) is 10.4. The van der Waals surface area contributed by atoms with Crippen molar-refractivity contribution in [1.29, 1.82) is 0 Å². The number of benzene rings is 3. The zero-order valence-electron chi connectivity index (χ0n) is 30.8. The summed E-state index contributed by atoms with van der Waals surface area (Å²) in [6.45, 7) is 4.76. The molecule has 0 spiro atoms. The molecule has 290 valence electrons. The number of carbonyl (C=O) groups is 1. The first-order valence-corrected chi connectivity index (χ1v) is 19.2. The van der Waals surface area contributed by atoms with E-state index in [1.54, 1.807) is 27.9 Å². The predicted octanol–water partition coefficient (Wildman–Crippen LogP) is 6.63. The van der Waals surface area contributed by atoms with Crippen LogP contribution >= 0.6 is 7.75 Å². The van der Waals surface area contributed by atoms with Crippen molar-refractivity contribution in [2.24, 2.45) is 0 Å². The number of rotatable bonds is 13. The third-order valence-corrected chi connectivity index (χ3v) is 10.8. The molecule has 55 heavy (non-hydrogen) atoms. The lowest BCUT2D eigenvalue weighted by Gasteiger charge is -2.37. The fourth-order valence-corrected chi connectivity index (χ4v) is 8.42. The molecule has 2 aliphatic rings. The van der Waals surface area contributed by atoms with Crippen LogP contribution in [-0.4, -0.2) is 76.1 Å². The highest BCUT2D eigenvalue weighted by Gasteiger charge is 2.70. The number of halogens is 2. The first kappa shape index (κ1) is 38.3. The lowest BCUT2D eigenvalue weighted by molar-refractivity contribution is -0.214. The molecule has 3 aromatic carbocycles. The first-order valence-electron chi connectivity index (χ1n) is 17.7. The van der Waals surface area contributed by atoms with Crippen molar-refractivity contribution in [3.05, 3.63) is 108 Å². The number of carbonyl (C=O) groups excluding carboxylic acids is 1. The van der Waals surface area contributed by atoms with Crippen LogP contribution in [0, 0.1) is 0 Å². The van der Waals surface area contributed by atoms with Gasteiger partial charge in [0, 0.05) is 0 Å². The molecule has 2 saturated heterocycles. The van der Waals surface area contributed by atoms with Gasteiger partial charge in [-0.25, -0.2) is 23.4 Å². The van der Waals surface area contributed by atoms with Crippen LogP contribution < -0.4 is 19.9 Å². The summed E-state index contributed by atoms with van der Waals surface area (Å²) in [5.74, 6) is -2.85. The summed E-state index contributed by atoms with van der Waals surface area (Å²) in [6.07, 6.45) is -3.01. The summed E-state index contributed by atoms with van der Waals surface area (Å²) in [7, 11) is -2.80. The number of anilines is 1. The molecule has 2 aromatic heterocycles. The molecule has 0 aliphatic carbocycles. The Bertz CT molecular complexity index is 2150. The zero-order valence-corrected chi connectivity index (χ0v) is 31.7. The molecule has 2 N–H and O–H groups in total. The number of methoxy groups -OCH3 is 1. The van der Waals surface area contributed by atoms with Gasteiger partial charge in [0.25, 0.3) is 5.85 Å². The molecule has 2 aliphatic heterocycles. The van der Waals surface area contributed by atoms with Crippen molar-refractivity contribution >= 4 is 30.8 Å². The normalized spacial score (nSPS) is 25.1. The lowest BCUT2D eigenvalue weighted by atomic mass is 9.77. The average molecular weight is 779 g/mol. The second kappa shape index (κ2) is 14.9. The molecule has 14 nitrogen and oxygen atoms in total. The summed E-state index contributed by atoms with van der Waals surface area (Å²) >= 11 is 0. The maximum atomic E-state index is 17.1. The Labute approximate surface area is 316 Å². The summed E-state index contributed by atoms with van der Waals surface area (Å²) in [6, 6.07) is 27.0. The lowest BCUT2D eigenvalue weighted by Crippen LogP contribution is -2.52. The summed E-state index contributed by atoms with van der Waals surface area (Å²) in [5.41, 5.74) is -1.10. The van der Waals surface area contributed by atoms with E-state index in [1.807, 2.05) is 84.9 Å². The minimum absolute atomic E-state index is 0.0421. The van der Waals surface area contributed by atoms with E-state index < -0.39 is 62.4 Å². The molecule has 4 heterocycles. The number of imidazole rings is 1. The van der Waals surface area contributed by atoms with Crippen LogP contribution in [0.1, 0.15) is 50.6 Å². The third kappa shape index (κ3) is 7.16. The molecule has 0 bridgehead atoms. The van der Waals surface area contributed by atoms with Gasteiger partial charge in [0.15, 0.2) is 29.2 Å². The Balaban J connectivity index is 1.31. The van der Waals surface area contributed by atoms with Crippen LogP contribution in [0.3, 0.4) is 0 Å². The molecule has 0 amide bonds. The van der Waals surface area contributed by atoms with Crippen LogP contribution in [0.5, 0.6) is 11.6 Å². The van der Waals surface area contributed by atoms with Gasteiger partial charge in [0.05, 0.1) is 26.1 Å². The molecule has 1 unspecified atom stereocenters. The van der Waals surface area contributed by atoms with Crippen molar-refractivity contribution in [2.45, 2.75) is 63.2 Å². The third-order valence-electron chi connectivity index (χ3n) is 9.31. The fraction of sp³-hybridized carbons (Fsp3) is 0.368. The van der Waals surface area contributed by atoms with Gasteiger partial charge in [0.2, 0.25) is 11.8 Å². The van der Waals surface area contributed by atoms with E-state index in [9.17, 15) is 9.36 Å². The smallest absolute Gasteiger partial charge is 0.406 e. The van der Waals surface area contributed by atoms with Crippen LogP contribution in [0.2, 0.25) is 0 Å². The molecular formula is C38H41F2N6O8P. The topological polar surface area (TPSA) is 157 Å². The number of nitrogens with one attached hydrogen (secondary N) is 2. The Hall–Kier alpha value is -4.99. The number of hydrogen-bond donors (Lipinski definition) is 2. The number of fused-ring (bicyclic) bond motifs is 2. The van der Waals surface area contributed by atoms with Crippen molar-refractivity contribution in [3.8, 4) is 11.6 Å². The van der Waals surface area contributed by atoms with Crippen molar-refractivity contribution in [3.63, 3.8) is 0 Å². The first-order chi connectivity index (χ1) is 26.3. The van der Waals surface area contributed by atoms with Gasteiger partial charge < -0.3 is 24.3 Å². The quantitative estimate of drug-likeness (QED) is 0.0747. The van der Waals surface area contributed by atoms with E-state index in [-0.39, 0.29) is 29.6 Å². The molecule has 7 rings (SSSR count). The molecule has 17 heteroatoms. The zero-order chi connectivity index (χ0) is 39.0. The highest BCUT2D eigenvalue weighted by atomic mass is 31.2. The van der Waals surface area contributed by atoms with Gasteiger partial charge in [-0.05, 0) is 56.5 Å². The summed E-state index contributed by atoms with van der Waals surface area (Å²) in [4.78, 5) is 26.1. The van der Waals surface area contributed by atoms with Crippen molar-refractivity contribution in [2.75, 3.05) is 32.2 Å². The van der Waals surface area contributed by atoms with Crippen molar-refractivity contribution in [1.82, 2.24) is 24.6 Å². The SMILES string of the molecule is CCOc1nc(NC(c2ccccc2)(c2ccccc2)c2ccc(OC)cc2)nc2c1ncn2[C@@H]1O[C@]2(F)COP(=O)(NCC(=O)OC(C)C)O[C@H]2[C@@]1(C)F. The standard InChI is InChI=1S/C38H41F2N6O8P/c1-6-50-32-30-31(46(23-41-30)34-36(4,39)33-37(40,53-34)22-51-55(48,54-33)42-21-29(47)52-24(2)3)43-35(44-32)45-38(25-13-9-7-10-14-25,26-15-11-8-12-16-26)27-17-19-28(49-5)20-18-27/h7-20,23-24,33-34H,6,21-22H2,1-5H3,(H,42,48)(H,43,44,45)/t33-,34+,36+,37+,55?/m0/s1. The van der Waals surface area contributed by atoms with Gasteiger partial charge in [-0.1, -0.05) is 72.8 Å². The minimum Gasteiger partial charge on any atom is -0.497 e. The molecule has 5 aromatic rings. The predicted molar refractivity (Wildman–Crippen MR) is 197 cm³/mol. The van der Waals surface area contributed by atoms with Gasteiger partial charge >= 0.3 is 13.7 Å². The van der Waals surface area contributed by atoms with Gasteiger partial charge in [-0.15, -0.1) is 0 Å². The number of esters is 1. The Morgan fingerprint density at radius 2 is 1.65 bits per heavy atom. The fourth-order valence-electron chi connectivity index (χ4n) is 6.88. The number of aromatic nitrogens is 4. The molecule has 0 saturated carbocycles.